The predicted octanol–water partition coefficient (Wildman–Crippen LogP) is 3.97. The van der Waals surface area contributed by atoms with E-state index in [4.69, 9.17) is 27.9 Å². The van der Waals surface area contributed by atoms with Crippen molar-refractivity contribution in [1.82, 2.24) is 5.32 Å². The van der Waals surface area contributed by atoms with E-state index < -0.39 is 0 Å². The van der Waals surface area contributed by atoms with Gasteiger partial charge in [-0.15, -0.1) is 0 Å². The molecule has 0 spiro atoms. The van der Waals surface area contributed by atoms with Crippen molar-refractivity contribution in [3.8, 4) is 5.75 Å². The van der Waals surface area contributed by atoms with Crippen molar-refractivity contribution in [1.29, 1.82) is 0 Å². The number of amides is 1. The molecule has 21 heavy (non-hydrogen) atoms. The lowest BCUT2D eigenvalue weighted by Crippen LogP contribution is -2.25. The normalized spacial score (nSPS) is 10.2. The Morgan fingerprint density at radius 3 is 2.33 bits per heavy atom. The van der Waals surface area contributed by atoms with Crippen molar-refractivity contribution in [2.45, 2.75) is 6.42 Å². The third kappa shape index (κ3) is 4.13. The number of ether oxygens (including phenoxy) is 1. The van der Waals surface area contributed by atoms with E-state index >= 15 is 0 Å². The van der Waals surface area contributed by atoms with Crippen LogP contribution in [0.5, 0.6) is 5.75 Å². The molecule has 0 atom stereocenters. The third-order valence-electron chi connectivity index (χ3n) is 3.01. The summed E-state index contributed by atoms with van der Waals surface area (Å²) in [7, 11) is 1.48. The first-order chi connectivity index (χ1) is 10.1. The Morgan fingerprint density at radius 2 is 1.76 bits per heavy atom. The van der Waals surface area contributed by atoms with Gasteiger partial charge >= 0.3 is 0 Å². The maximum atomic E-state index is 12.1. The maximum Gasteiger partial charge on any atom is 0.251 e. The first-order valence-electron chi connectivity index (χ1n) is 6.47. The van der Waals surface area contributed by atoms with Crippen LogP contribution in [0.15, 0.2) is 42.5 Å². The van der Waals surface area contributed by atoms with Gasteiger partial charge in [0.25, 0.3) is 5.91 Å². The lowest BCUT2D eigenvalue weighted by molar-refractivity contribution is 0.0954. The molecule has 2 rings (SSSR count). The average Bonchev–Trinajstić information content (AvgIpc) is 2.48. The van der Waals surface area contributed by atoms with Crippen LogP contribution in [0.1, 0.15) is 15.9 Å². The molecule has 0 aliphatic rings. The van der Waals surface area contributed by atoms with E-state index in [-0.39, 0.29) is 5.91 Å². The molecule has 0 saturated heterocycles. The molecule has 0 fully saturated rings. The topological polar surface area (TPSA) is 38.3 Å². The van der Waals surface area contributed by atoms with Crippen molar-refractivity contribution in [3.05, 3.63) is 63.6 Å². The van der Waals surface area contributed by atoms with Crippen LogP contribution in [0.2, 0.25) is 10.0 Å². The van der Waals surface area contributed by atoms with Gasteiger partial charge in [0.05, 0.1) is 17.2 Å². The van der Waals surface area contributed by atoms with Crippen LogP contribution >= 0.6 is 23.2 Å². The number of nitrogens with one attached hydrogen (secondary N) is 1. The number of halogens is 2. The van der Waals surface area contributed by atoms with Gasteiger partial charge in [-0.05, 0) is 24.1 Å². The van der Waals surface area contributed by atoms with Gasteiger partial charge in [0, 0.05) is 12.1 Å². The summed E-state index contributed by atoms with van der Waals surface area (Å²) in [5.74, 6) is 0.163. The highest BCUT2D eigenvalue weighted by Gasteiger charge is 2.13. The Labute approximate surface area is 133 Å². The van der Waals surface area contributed by atoms with Crippen LogP contribution in [0, 0.1) is 0 Å². The van der Waals surface area contributed by atoms with Crippen molar-refractivity contribution < 1.29 is 9.53 Å². The Morgan fingerprint density at radius 1 is 1.14 bits per heavy atom. The number of benzene rings is 2. The monoisotopic (exact) mass is 323 g/mol. The summed E-state index contributed by atoms with van der Waals surface area (Å²) in [4.78, 5) is 12.1. The highest BCUT2D eigenvalue weighted by atomic mass is 35.5. The molecule has 1 N–H and O–H groups in total. The van der Waals surface area contributed by atoms with Gasteiger partial charge in [0.1, 0.15) is 0 Å². The summed E-state index contributed by atoms with van der Waals surface area (Å²) in [6.45, 7) is 0.546. The predicted molar refractivity (Wildman–Crippen MR) is 85.5 cm³/mol. The summed E-state index contributed by atoms with van der Waals surface area (Å²) in [6, 6.07) is 13.0. The Kier molecular flexibility index (Phi) is 5.48. The second-order valence-corrected chi connectivity index (χ2v) is 5.28. The largest absolute Gasteiger partial charge is 0.494 e. The minimum absolute atomic E-state index is 0.211. The number of hydrogen-bond acceptors (Lipinski definition) is 2. The fourth-order valence-corrected chi connectivity index (χ4v) is 2.59. The first-order valence-corrected chi connectivity index (χ1v) is 7.22. The fourth-order valence-electron chi connectivity index (χ4n) is 1.95. The van der Waals surface area contributed by atoms with Crippen LogP contribution in [-0.4, -0.2) is 19.6 Å². The molecule has 1 amide bonds. The molecule has 0 unspecified atom stereocenters. The zero-order valence-corrected chi connectivity index (χ0v) is 13.0. The molecule has 2 aromatic carbocycles. The maximum absolute atomic E-state index is 12.1. The standard InChI is InChI=1S/C16H15Cl2NO2/c1-21-15-13(17)9-12(10-14(15)18)16(20)19-8-7-11-5-3-2-4-6-11/h2-6,9-10H,7-8H2,1H3,(H,19,20). The highest BCUT2D eigenvalue weighted by Crippen LogP contribution is 2.33. The molecule has 110 valence electrons. The van der Waals surface area contributed by atoms with E-state index in [9.17, 15) is 4.79 Å². The molecule has 3 nitrogen and oxygen atoms in total. The van der Waals surface area contributed by atoms with Crippen molar-refractivity contribution in [3.63, 3.8) is 0 Å². The van der Waals surface area contributed by atoms with Crippen LogP contribution < -0.4 is 10.1 Å². The molecular weight excluding hydrogens is 309 g/mol. The second kappa shape index (κ2) is 7.34. The van der Waals surface area contributed by atoms with Gasteiger partial charge in [0.2, 0.25) is 0 Å². The molecule has 0 aromatic heterocycles. The molecule has 5 heteroatoms. The summed E-state index contributed by atoms with van der Waals surface area (Å²) >= 11 is 12.0. The number of carbonyl (C=O) groups is 1. The van der Waals surface area contributed by atoms with E-state index in [1.54, 1.807) is 12.1 Å². The van der Waals surface area contributed by atoms with E-state index in [1.165, 1.54) is 12.7 Å². The number of rotatable bonds is 5. The van der Waals surface area contributed by atoms with Crippen LogP contribution in [0.25, 0.3) is 0 Å². The summed E-state index contributed by atoms with van der Waals surface area (Å²) < 4.78 is 5.05. The molecule has 0 saturated carbocycles. The molecular formula is C16H15Cl2NO2. The van der Waals surface area contributed by atoms with E-state index in [0.717, 1.165) is 6.42 Å². The number of hydrogen-bond donors (Lipinski definition) is 1. The minimum atomic E-state index is -0.211. The molecule has 0 aliphatic heterocycles. The summed E-state index contributed by atoms with van der Waals surface area (Å²) in [5.41, 5.74) is 1.59. The number of carbonyl (C=O) groups excluding carboxylic acids is 1. The van der Waals surface area contributed by atoms with Crippen LogP contribution in [-0.2, 0) is 6.42 Å². The van der Waals surface area contributed by atoms with Gasteiger partial charge in [-0.1, -0.05) is 53.5 Å². The zero-order chi connectivity index (χ0) is 15.2. The first kappa shape index (κ1) is 15.7. The van der Waals surface area contributed by atoms with Gasteiger partial charge in [-0.25, -0.2) is 0 Å². The van der Waals surface area contributed by atoms with Crippen molar-refractivity contribution in [2.75, 3.05) is 13.7 Å². The second-order valence-electron chi connectivity index (χ2n) is 4.46. The number of methoxy groups -OCH3 is 1. The van der Waals surface area contributed by atoms with E-state index in [0.29, 0.717) is 27.9 Å². The zero-order valence-electron chi connectivity index (χ0n) is 11.5. The molecule has 2 aromatic rings. The summed E-state index contributed by atoms with van der Waals surface area (Å²) in [5, 5.41) is 3.48. The molecule has 0 aliphatic carbocycles. The third-order valence-corrected chi connectivity index (χ3v) is 3.57. The molecule has 0 radical (unpaired) electrons. The van der Waals surface area contributed by atoms with Gasteiger partial charge in [-0.3, -0.25) is 4.79 Å². The van der Waals surface area contributed by atoms with Crippen molar-refractivity contribution >= 4 is 29.1 Å². The molecule has 0 heterocycles. The Hall–Kier alpha value is -1.71. The Balaban J connectivity index is 1.98. The van der Waals surface area contributed by atoms with Crippen LogP contribution in [0.4, 0.5) is 0 Å². The SMILES string of the molecule is COc1c(Cl)cc(C(=O)NCCc2ccccc2)cc1Cl. The lowest BCUT2D eigenvalue weighted by Gasteiger charge is -2.09. The Bertz CT molecular complexity index is 606. The van der Waals surface area contributed by atoms with Crippen LogP contribution in [0.3, 0.4) is 0 Å². The minimum Gasteiger partial charge on any atom is -0.494 e. The van der Waals surface area contributed by atoms with E-state index in [2.05, 4.69) is 5.32 Å². The summed E-state index contributed by atoms with van der Waals surface area (Å²) in [6.07, 6.45) is 0.768. The van der Waals surface area contributed by atoms with Gasteiger partial charge in [0.15, 0.2) is 5.75 Å². The fraction of sp³-hybridized carbons (Fsp3) is 0.188. The lowest BCUT2D eigenvalue weighted by atomic mass is 10.1. The average molecular weight is 324 g/mol. The van der Waals surface area contributed by atoms with Gasteiger partial charge < -0.3 is 10.1 Å². The van der Waals surface area contributed by atoms with Crippen molar-refractivity contribution in [2.24, 2.45) is 0 Å². The van der Waals surface area contributed by atoms with E-state index in [1.807, 2.05) is 30.3 Å². The quantitative estimate of drug-likeness (QED) is 0.904. The van der Waals surface area contributed by atoms with Gasteiger partial charge in [-0.2, -0.15) is 0 Å². The molecule has 0 bridgehead atoms. The highest BCUT2D eigenvalue weighted by molar-refractivity contribution is 6.37. The smallest absolute Gasteiger partial charge is 0.251 e.